The lowest BCUT2D eigenvalue weighted by molar-refractivity contribution is -0.0947. The van der Waals surface area contributed by atoms with Gasteiger partial charge in [-0.15, -0.1) is 0 Å². The average Bonchev–Trinajstić information content (AvgIpc) is 2.54. The summed E-state index contributed by atoms with van der Waals surface area (Å²) in [5.41, 5.74) is 0.860. The quantitative estimate of drug-likeness (QED) is 0.828. The van der Waals surface area contributed by atoms with Crippen LogP contribution in [0, 0.1) is 5.82 Å². The number of carbonyl (C=O) groups is 1. The molecule has 1 aliphatic rings. The van der Waals surface area contributed by atoms with Crippen LogP contribution >= 0.6 is 0 Å². The van der Waals surface area contributed by atoms with E-state index in [1.165, 1.54) is 12.1 Å². The van der Waals surface area contributed by atoms with E-state index in [-0.39, 0.29) is 29.6 Å². The van der Waals surface area contributed by atoms with E-state index in [0.717, 1.165) is 18.7 Å². The van der Waals surface area contributed by atoms with Crippen molar-refractivity contribution < 1.29 is 13.9 Å². The third-order valence-electron chi connectivity index (χ3n) is 4.57. The van der Waals surface area contributed by atoms with E-state index in [1.807, 2.05) is 0 Å². The van der Waals surface area contributed by atoms with E-state index in [2.05, 4.69) is 43.2 Å². The number of benzene rings is 1. The van der Waals surface area contributed by atoms with Crippen molar-refractivity contribution in [2.75, 3.05) is 26.2 Å². The van der Waals surface area contributed by atoms with Crippen LogP contribution in [0.4, 0.5) is 9.18 Å². The van der Waals surface area contributed by atoms with Crippen molar-refractivity contribution in [1.82, 2.24) is 15.5 Å². The van der Waals surface area contributed by atoms with Gasteiger partial charge < -0.3 is 15.4 Å². The molecule has 2 rings (SSSR count). The molecule has 5 nitrogen and oxygen atoms in total. The summed E-state index contributed by atoms with van der Waals surface area (Å²) < 4.78 is 18.6. The molecule has 1 fully saturated rings. The molecule has 1 aromatic rings. The van der Waals surface area contributed by atoms with Crippen molar-refractivity contribution in [1.29, 1.82) is 0 Å². The van der Waals surface area contributed by atoms with Crippen molar-refractivity contribution in [3.05, 3.63) is 35.6 Å². The molecule has 2 N–H and O–H groups in total. The van der Waals surface area contributed by atoms with Gasteiger partial charge in [0.25, 0.3) is 0 Å². The Morgan fingerprint density at radius 3 is 2.40 bits per heavy atom. The highest BCUT2D eigenvalue weighted by atomic mass is 19.1. The minimum absolute atomic E-state index is 0.138. The van der Waals surface area contributed by atoms with E-state index in [1.54, 1.807) is 12.1 Å². The second-order valence-electron chi connectivity index (χ2n) is 7.46. The van der Waals surface area contributed by atoms with Gasteiger partial charge in [-0.05, 0) is 51.8 Å². The Hall–Kier alpha value is -1.66. The number of morpholine rings is 1. The van der Waals surface area contributed by atoms with Crippen LogP contribution in [0.1, 0.15) is 33.3 Å². The van der Waals surface area contributed by atoms with Crippen LogP contribution in [0.3, 0.4) is 0 Å². The highest BCUT2D eigenvalue weighted by Gasteiger charge is 2.33. The number of nitrogens with zero attached hydrogens (tertiary/aromatic N) is 1. The van der Waals surface area contributed by atoms with Crippen molar-refractivity contribution >= 4 is 6.03 Å². The zero-order chi connectivity index (χ0) is 18.4. The molecule has 1 aromatic carbocycles. The fourth-order valence-electron chi connectivity index (χ4n) is 3.11. The number of hydrogen-bond donors (Lipinski definition) is 2. The van der Waals surface area contributed by atoms with E-state index < -0.39 is 0 Å². The predicted octanol–water partition coefficient (Wildman–Crippen LogP) is 2.56. The lowest BCUT2D eigenvalue weighted by Crippen LogP contribution is -2.59. The van der Waals surface area contributed by atoms with Gasteiger partial charge in [-0.2, -0.15) is 0 Å². The molecule has 2 atom stereocenters. The standard InChI is InChI=1S/C19H30FN3O2/c1-14-11-23(12-15(2)25-14)19(3,4)13-22-18(24)21-10-9-16-5-7-17(20)8-6-16/h5-8,14-15H,9-13H2,1-4H3,(H2,21,22,24)/t14-,15+. The van der Waals surface area contributed by atoms with Gasteiger partial charge >= 0.3 is 6.03 Å². The number of hydrogen-bond acceptors (Lipinski definition) is 3. The van der Waals surface area contributed by atoms with E-state index in [4.69, 9.17) is 4.74 Å². The summed E-state index contributed by atoms with van der Waals surface area (Å²) in [6, 6.07) is 6.16. The number of nitrogens with one attached hydrogen (secondary N) is 2. The number of urea groups is 1. The summed E-state index contributed by atoms with van der Waals surface area (Å²) in [6.07, 6.45) is 1.08. The Balaban J connectivity index is 1.72. The maximum atomic E-state index is 12.9. The topological polar surface area (TPSA) is 53.6 Å². The van der Waals surface area contributed by atoms with Gasteiger partial charge in [0.05, 0.1) is 12.2 Å². The molecule has 6 heteroatoms. The van der Waals surface area contributed by atoms with Crippen molar-refractivity contribution in [2.45, 2.75) is 51.9 Å². The predicted molar refractivity (Wildman–Crippen MR) is 97.2 cm³/mol. The Kier molecular flexibility index (Phi) is 6.79. The van der Waals surface area contributed by atoms with Gasteiger partial charge in [0, 0.05) is 31.7 Å². The monoisotopic (exact) mass is 351 g/mol. The molecule has 1 saturated heterocycles. The van der Waals surface area contributed by atoms with E-state index in [9.17, 15) is 9.18 Å². The first-order chi connectivity index (χ1) is 11.8. The molecule has 0 aromatic heterocycles. The normalized spacial score (nSPS) is 21.8. The Bertz CT molecular complexity index is 552. The second kappa shape index (κ2) is 8.63. The first-order valence-electron chi connectivity index (χ1n) is 8.93. The largest absolute Gasteiger partial charge is 0.373 e. The SMILES string of the molecule is C[C@@H]1CN(C(C)(C)CNC(=O)NCCc2ccc(F)cc2)C[C@H](C)O1. The highest BCUT2D eigenvalue weighted by molar-refractivity contribution is 5.73. The third kappa shape index (κ3) is 6.29. The molecular weight excluding hydrogens is 321 g/mol. The summed E-state index contributed by atoms with van der Waals surface area (Å²) in [5, 5.41) is 5.80. The molecule has 0 saturated carbocycles. The number of halogens is 1. The molecule has 0 spiro atoms. The summed E-state index contributed by atoms with van der Waals surface area (Å²) >= 11 is 0. The molecule has 140 valence electrons. The van der Waals surface area contributed by atoms with Crippen LogP contribution in [0.15, 0.2) is 24.3 Å². The zero-order valence-electron chi connectivity index (χ0n) is 15.6. The molecule has 0 bridgehead atoms. The number of ether oxygens (including phenoxy) is 1. The Labute approximate surface area is 149 Å². The number of amides is 2. The van der Waals surface area contributed by atoms with Crippen LogP contribution in [-0.4, -0.2) is 54.9 Å². The van der Waals surface area contributed by atoms with Gasteiger partial charge in [0.2, 0.25) is 0 Å². The highest BCUT2D eigenvalue weighted by Crippen LogP contribution is 2.20. The third-order valence-corrected chi connectivity index (χ3v) is 4.57. The first-order valence-corrected chi connectivity index (χ1v) is 8.93. The second-order valence-corrected chi connectivity index (χ2v) is 7.46. The number of rotatable bonds is 6. The molecule has 0 radical (unpaired) electrons. The van der Waals surface area contributed by atoms with Crippen molar-refractivity contribution in [2.24, 2.45) is 0 Å². The van der Waals surface area contributed by atoms with Crippen LogP contribution < -0.4 is 10.6 Å². The molecule has 1 aliphatic heterocycles. The van der Waals surface area contributed by atoms with Crippen LogP contribution in [0.2, 0.25) is 0 Å². The maximum absolute atomic E-state index is 12.9. The minimum Gasteiger partial charge on any atom is -0.373 e. The first kappa shape index (κ1) is 19.7. The summed E-state index contributed by atoms with van der Waals surface area (Å²) in [7, 11) is 0. The molecule has 0 unspecified atom stereocenters. The molecule has 25 heavy (non-hydrogen) atoms. The van der Waals surface area contributed by atoms with Crippen molar-refractivity contribution in [3.8, 4) is 0 Å². The smallest absolute Gasteiger partial charge is 0.314 e. The van der Waals surface area contributed by atoms with Crippen LogP contribution in [0.5, 0.6) is 0 Å². The lowest BCUT2D eigenvalue weighted by Gasteiger charge is -2.45. The maximum Gasteiger partial charge on any atom is 0.314 e. The van der Waals surface area contributed by atoms with E-state index in [0.29, 0.717) is 19.5 Å². The minimum atomic E-state index is -0.247. The average molecular weight is 351 g/mol. The lowest BCUT2D eigenvalue weighted by atomic mass is 10.00. The van der Waals surface area contributed by atoms with Gasteiger partial charge in [-0.25, -0.2) is 9.18 Å². The summed E-state index contributed by atoms with van der Waals surface area (Å²) in [6.45, 7) is 11.2. The number of carbonyl (C=O) groups excluding carboxylic acids is 1. The van der Waals surface area contributed by atoms with Crippen LogP contribution in [-0.2, 0) is 11.2 Å². The van der Waals surface area contributed by atoms with Crippen molar-refractivity contribution in [3.63, 3.8) is 0 Å². The fraction of sp³-hybridized carbons (Fsp3) is 0.632. The molecule has 1 heterocycles. The van der Waals surface area contributed by atoms with Gasteiger partial charge in [0.1, 0.15) is 5.82 Å². The van der Waals surface area contributed by atoms with Gasteiger partial charge in [-0.3, -0.25) is 4.90 Å². The fourth-order valence-corrected chi connectivity index (χ4v) is 3.11. The van der Waals surface area contributed by atoms with Crippen LogP contribution in [0.25, 0.3) is 0 Å². The van der Waals surface area contributed by atoms with E-state index >= 15 is 0 Å². The summed E-state index contributed by atoms with van der Waals surface area (Å²) in [5.74, 6) is -0.247. The van der Waals surface area contributed by atoms with Gasteiger partial charge in [-0.1, -0.05) is 12.1 Å². The molecule has 0 aliphatic carbocycles. The van der Waals surface area contributed by atoms with Gasteiger partial charge in [0.15, 0.2) is 0 Å². The summed E-state index contributed by atoms with van der Waals surface area (Å²) in [4.78, 5) is 14.4. The molecule has 2 amide bonds. The Morgan fingerprint density at radius 1 is 1.20 bits per heavy atom. The Morgan fingerprint density at radius 2 is 1.80 bits per heavy atom. The molecular formula is C19H30FN3O2. The zero-order valence-corrected chi connectivity index (χ0v) is 15.6.